The lowest BCUT2D eigenvalue weighted by atomic mass is 9.92. The summed E-state index contributed by atoms with van der Waals surface area (Å²) in [6.07, 6.45) is 0.749. The molecule has 1 unspecified atom stereocenters. The Bertz CT molecular complexity index is 748. The average molecular weight is 368 g/mol. The van der Waals surface area contributed by atoms with E-state index in [4.69, 9.17) is 14.2 Å². The van der Waals surface area contributed by atoms with Crippen molar-refractivity contribution in [3.05, 3.63) is 71.3 Å². The number of methoxy groups -OCH3 is 2. The first-order chi connectivity index (χ1) is 13.1. The quantitative estimate of drug-likeness (QED) is 0.571. The highest BCUT2D eigenvalue weighted by Gasteiger charge is 2.18. The number of carbonyl (C=O) groups excluding carboxylic acids is 1. The molecule has 0 aliphatic rings. The summed E-state index contributed by atoms with van der Waals surface area (Å²) in [6.45, 7) is 4.23. The topological polar surface area (TPSA) is 44.8 Å². The van der Waals surface area contributed by atoms with E-state index in [1.54, 1.807) is 14.2 Å². The highest BCUT2D eigenvalue weighted by atomic mass is 16.5. The standard InChI is InChI=1S/C23H28O4/c1-5-27-23(24)16-20(15-22(26-4)19-9-7-6-8-10-19)17(2)18-11-13-21(25-3)14-12-18/h6-14,22H,5,15-16H2,1-4H3/b20-17-. The van der Waals surface area contributed by atoms with Crippen molar-refractivity contribution in [1.29, 1.82) is 0 Å². The van der Waals surface area contributed by atoms with Gasteiger partial charge in [-0.2, -0.15) is 0 Å². The molecule has 0 heterocycles. The van der Waals surface area contributed by atoms with Gasteiger partial charge in [-0.05, 0) is 49.1 Å². The van der Waals surface area contributed by atoms with E-state index in [2.05, 4.69) is 0 Å². The molecule has 144 valence electrons. The van der Waals surface area contributed by atoms with E-state index in [-0.39, 0.29) is 18.5 Å². The molecule has 0 bridgehead atoms. The summed E-state index contributed by atoms with van der Waals surface area (Å²) in [7, 11) is 3.34. The van der Waals surface area contributed by atoms with Gasteiger partial charge in [-0.15, -0.1) is 0 Å². The maximum Gasteiger partial charge on any atom is 0.309 e. The van der Waals surface area contributed by atoms with Crippen molar-refractivity contribution in [1.82, 2.24) is 0 Å². The number of esters is 1. The zero-order valence-electron chi connectivity index (χ0n) is 16.5. The van der Waals surface area contributed by atoms with Crippen LogP contribution in [-0.2, 0) is 14.3 Å². The second-order valence-electron chi connectivity index (χ2n) is 6.28. The van der Waals surface area contributed by atoms with E-state index >= 15 is 0 Å². The fraction of sp³-hybridized carbons (Fsp3) is 0.348. The van der Waals surface area contributed by atoms with Crippen LogP contribution in [0.1, 0.15) is 43.9 Å². The second-order valence-corrected chi connectivity index (χ2v) is 6.28. The molecular formula is C23H28O4. The lowest BCUT2D eigenvalue weighted by Gasteiger charge is -2.20. The molecule has 27 heavy (non-hydrogen) atoms. The van der Waals surface area contributed by atoms with Gasteiger partial charge in [0.25, 0.3) is 0 Å². The van der Waals surface area contributed by atoms with Crippen LogP contribution >= 0.6 is 0 Å². The summed E-state index contributed by atoms with van der Waals surface area (Å²) in [5.74, 6) is 0.584. The minimum absolute atomic E-state index is 0.121. The van der Waals surface area contributed by atoms with Gasteiger partial charge >= 0.3 is 5.97 Å². The number of rotatable bonds is 9. The molecule has 0 aliphatic heterocycles. The molecule has 4 nitrogen and oxygen atoms in total. The normalized spacial score (nSPS) is 12.9. The molecule has 0 aromatic heterocycles. The predicted molar refractivity (Wildman–Crippen MR) is 108 cm³/mol. The van der Waals surface area contributed by atoms with Crippen LogP contribution in [0.5, 0.6) is 5.75 Å². The molecule has 0 spiro atoms. The Labute approximate surface area is 161 Å². The smallest absolute Gasteiger partial charge is 0.309 e. The van der Waals surface area contributed by atoms with Crippen molar-refractivity contribution in [2.45, 2.75) is 32.8 Å². The average Bonchev–Trinajstić information content (AvgIpc) is 2.71. The van der Waals surface area contributed by atoms with E-state index in [0.717, 1.165) is 28.0 Å². The summed E-state index contributed by atoms with van der Waals surface area (Å²) < 4.78 is 16.1. The third kappa shape index (κ3) is 5.97. The van der Waals surface area contributed by atoms with Crippen LogP contribution < -0.4 is 4.74 Å². The highest BCUT2D eigenvalue weighted by Crippen LogP contribution is 2.31. The maximum atomic E-state index is 12.2. The summed E-state index contributed by atoms with van der Waals surface area (Å²) in [5, 5.41) is 0. The third-order valence-corrected chi connectivity index (χ3v) is 4.60. The lowest BCUT2D eigenvalue weighted by molar-refractivity contribution is -0.142. The van der Waals surface area contributed by atoms with Gasteiger partial charge in [0.2, 0.25) is 0 Å². The van der Waals surface area contributed by atoms with Crippen molar-refractivity contribution in [2.24, 2.45) is 0 Å². The van der Waals surface area contributed by atoms with Crippen LogP contribution in [0.25, 0.3) is 5.57 Å². The lowest BCUT2D eigenvalue weighted by Crippen LogP contribution is -2.10. The fourth-order valence-corrected chi connectivity index (χ4v) is 3.02. The molecule has 2 rings (SSSR count). The van der Waals surface area contributed by atoms with Crippen LogP contribution in [0.3, 0.4) is 0 Å². The molecule has 0 amide bonds. The highest BCUT2D eigenvalue weighted by molar-refractivity contribution is 5.78. The van der Waals surface area contributed by atoms with Gasteiger partial charge in [0.15, 0.2) is 0 Å². The van der Waals surface area contributed by atoms with E-state index in [1.165, 1.54) is 0 Å². The number of hydrogen-bond donors (Lipinski definition) is 0. The maximum absolute atomic E-state index is 12.2. The molecule has 0 aliphatic carbocycles. The predicted octanol–water partition coefficient (Wildman–Crippen LogP) is 5.20. The van der Waals surface area contributed by atoms with Gasteiger partial charge in [-0.3, -0.25) is 4.79 Å². The van der Waals surface area contributed by atoms with Crippen molar-refractivity contribution in [2.75, 3.05) is 20.8 Å². The Morgan fingerprint density at radius 1 is 1.00 bits per heavy atom. The molecule has 1 atom stereocenters. The molecule has 0 radical (unpaired) electrons. The van der Waals surface area contributed by atoms with E-state index in [1.807, 2.05) is 68.4 Å². The molecular weight excluding hydrogens is 340 g/mol. The Kier molecular flexibility index (Phi) is 8.08. The summed E-state index contributed by atoms with van der Waals surface area (Å²) in [5.41, 5.74) is 4.21. The van der Waals surface area contributed by atoms with Crippen LogP contribution in [0.4, 0.5) is 0 Å². The van der Waals surface area contributed by atoms with Gasteiger partial charge in [-0.1, -0.05) is 48.0 Å². The molecule has 0 N–H and O–H groups in total. The number of ether oxygens (including phenoxy) is 3. The Hall–Kier alpha value is -2.59. The minimum atomic E-state index is -0.219. The van der Waals surface area contributed by atoms with E-state index < -0.39 is 0 Å². The molecule has 4 heteroatoms. The summed E-state index contributed by atoms with van der Waals surface area (Å²) in [6, 6.07) is 17.9. The van der Waals surface area contributed by atoms with Crippen LogP contribution in [-0.4, -0.2) is 26.8 Å². The number of hydrogen-bond acceptors (Lipinski definition) is 4. The van der Waals surface area contributed by atoms with Crippen LogP contribution in [0.15, 0.2) is 60.2 Å². The first-order valence-electron chi connectivity index (χ1n) is 9.15. The van der Waals surface area contributed by atoms with Gasteiger partial charge in [0, 0.05) is 7.11 Å². The van der Waals surface area contributed by atoms with E-state index in [0.29, 0.717) is 13.0 Å². The minimum Gasteiger partial charge on any atom is -0.497 e. The van der Waals surface area contributed by atoms with Gasteiger partial charge in [0.1, 0.15) is 5.75 Å². The van der Waals surface area contributed by atoms with Gasteiger partial charge in [-0.25, -0.2) is 0 Å². The molecule has 0 fully saturated rings. The monoisotopic (exact) mass is 368 g/mol. The zero-order chi connectivity index (χ0) is 19.6. The number of carbonyl (C=O) groups is 1. The van der Waals surface area contributed by atoms with Crippen LogP contribution in [0, 0.1) is 0 Å². The van der Waals surface area contributed by atoms with E-state index in [9.17, 15) is 4.79 Å². The fourth-order valence-electron chi connectivity index (χ4n) is 3.02. The van der Waals surface area contributed by atoms with Crippen molar-refractivity contribution in [3.63, 3.8) is 0 Å². The Morgan fingerprint density at radius 2 is 1.67 bits per heavy atom. The second kappa shape index (κ2) is 10.5. The zero-order valence-corrected chi connectivity index (χ0v) is 16.5. The molecule has 2 aromatic carbocycles. The first-order valence-corrected chi connectivity index (χ1v) is 9.15. The summed E-state index contributed by atoms with van der Waals surface area (Å²) >= 11 is 0. The third-order valence-electron chi connectivity index (χ3n) is 4.60. The summed E-state index contributed by atoms with van der Waals surface area (Å²) in [4.78, 5) is 12.2. The van der Waals surface area contributed by atoms with Gasteiger partial charge in [0.05, 0.1) is 26.2 Å². The molecule has 0 saturated carbocycles. The van der Waals surface area contributed by atoms with Crippen molar-refractivity contribution in [3.8, 4) is 5.75 Å². The van der Waals surface area contributed by atoms with Crippen molar-refractivity contribution >= 4 is 11.5 Å². The molecule has 2 aromatic rings. The molecule has 0 saturated heterocycles. The Morgan fingerprint density at radius 3 is 2.22 bits per heavy atom. The first kappa shape index (κ1) is 20.7. The van der Waals surface area contributed by atoms with Gasteiger partial charge < -0.3 is 14.2 Å². The van der Waals surface area contributed by atoms with Crippen molar-refractivity contribution < 1.29 is 19.0 Å². The number of allylic oxidation sites excluding steroid dienone is 1. The number of benzene rings is 2. The largest absolute Gasteiger partial charge is 0.497 e. The SMILES string of the molecule is CCOC(=O)C/C(CC(OC)c1ccccc1)=C(/C)c1ccc(OC)cc1. The van der Waals surface area contributed by atoms with Crippen LogP contribution in [0.2, 0.25) is 0 Å². The Balaban J connectivity index is 2.34.